The van der Waals surface area contributed by atoms with Crippen LogP contribution in [0.5, 0.6) is 0 Å². The summed E-state index contributed by atoms with van der Waals surface area (Å²) < 4.78 is 5.61. The summed E-state index contributed by atoms with van der Waals surface area (Å²) in [6.07, 6.45) is 0.104. The molecule has 2 rings (SSSR count). The number of carbonyl (C=O) groups excluding carboxylic acids is 1. The molecule has 0 bridgehead atoms. The SMILES string of the molecule is C[C@H]1CN(C(=O)c2cc(N)cc(N)c2)C[C@H](C)O1. The second-order valence-corrected chi connectivity index (χ2v) is 4.86. The lowest BCUT2D eigenvalue weighted by Gasteiger charge is -2.35. The summed E-state index contributed by atoms with van der Waals surface area (Å²) in [7, 11) is 0. The molecule has 1 aromatic rings. The number of nitrogens with zero attached hydrogens (tertiary/aromatic N) is 1. The van der Waals surface area contributed by atoms with Gasteiger partial charge in [-0.1, -0.05) is 0 Å². The summed E-state index contributed by atoms with van der Waals surface area (Å²) in [4.78, 5) is 14.1. The summed E-state index contributed by atoms with van der Waals surface area (Å²) in [6, 6.07) is 4.95. The Kier molecular flexibility index (Phi) is 3.43. The van der Waals surface area contributed by atoms with Gasteiger partial charge < -0.3 is 21.1 Å². The first-order valence-electron chi connectivity index (χ1n) is 6.06. The van der Waals surface area contributed by atoms with E-state index in [2.05, 4.69) is 0 Å². The van der Waals surface area contributed by atoms with E-state index in [1.807, 2.05) is 13.8 Å². The largest absolute Gasteiger partial charge is 0.399 e. The third-order valence-corrected chi connectivity index (χ3v) is 2.93. The van der Waals surface area contributed by atoms with E-state index in [9.17, 15) is 4.79 Å². The average molecular weight is 249 g/mol. The molecule has 1 heterocycles. The molecule has 2 atom stereocenters. The van der Waals surface area contributed by atoms with Crippen LogP contribution in [0.15, 0.2) is 18.2 Å². The second kappa shape index (κ2) is 4.86. The fourth-order valence-corrected chi connectivity index (χ4v) is 2.33. The van der Waals surface area contributed by atoms with Crippen LogP contribution >= 0.6 is 0 Å². The summed E-state index contributed by atoms with van der Waals surface area (Å²) in [5, 5.41) is 0. The van der Waals surface area contributed by atoms with Crippen LogP contribution in [-0.4, -0.2) is 36.1 Å². The third kappa shape index (κ3) is 2.73. The van der Waals surface area contributed by atoms with Crippen molar-refractivity contribution in [2.24, 2.45) is 0 Å². The Hall–Kier alpha value is -1.75. The summed E-state index contributed by atoms with van der Waals surface area (Å²) in [5.74, 6) is -0.0454. The van der Waals surface area contributed by atoms with Crippen LogP contribution in [0.3, 0.4) is 0 Å². The van der Waals surface area contributed by atoms with E-state index in [1.54, 1.807) is 23.1 Å². The Morgan fingerprint density at radius 2 is 1.67 bits per heavy atom. The number of hydrogen-bond acceptors (Lipinski definition) is 4. The Labute approximate surface area is 107 Å². The van der Waals surface area contributed by atoms with E-state index in [0.717, 1.165) is 0 Å². The fourth-order valence-electron chi connectivity index (χ4n) is 2.33. The van der Waals surface area contributed by atoms with E-state index >= 15 is 0 Å². The molecule has 98 valence electrons. The molecule has 1 aliphatic heterocycles. The first-order valence-corrected chi connectivity index (χ1v) is 6.06. The molecule has 18 heavy (non-hydrogen) atoms. The van der Waals surface area contributed by atoms with Gasteiger partial charge in [0.15, 0.2) is 0 Å². The second-order valence-electron chi connectivity index (χ2n) is 4.86. The topological polar surface area (TPSA) is 81.6 Å². The predicted octanol–water partition coefficient (Wildman–Crippen LogP) is 1.10. The molecule has 0 unspecified atom stereocenters. The number of ether oxygens (including phenoxy) is 1. The molecule has 0 saturated carbocycles. The number of morpholine rings is 1. The van der Waals surface area contributed by atoms with Crippen molar-refractivity contribution in [3.63, 3.8) is 0 Å². The minimum absolute atomic E-state index is 0.0454. The number of hydrogen-bond donors (Lipinski definition) is 2. The third-order valence-electron chi connectivity index (χ3n) is 2.93. The lowest BCUT2D eigenvalue weighted by atomic mass is 10.1. The minimum atomic E-state index is -0.0454. The summed E-state index contributed by atoms with van der Waals surface area (Å²) in [5.41, 5.74) is 13.0. The minimum Gasteiger partial charge on any atom is -0.399 e. The van der Waals surface area contributed by atoms with Crippen molar-refractivity contribution < 1.29 is 9.53 Å². The molecule has 1 saturated heterocycles. The van der Waals surface area contributed by atoms with Gasteiger partial charge in [0.05, 0.1) is 12.2 Å². The molecule has 0 radical (unpaired) electrons. The average Bonchev–Trinajstić information content (AvgIpc) is 2.25. The number of anilines is 2. The Balaban J connectivity index is 2.20. The number of nitrogen functional groups attached to an aromatic ring is 2. The molecule has 1 amide bonds. The summed E-state index contributed by atoms with van der Waals surface area (Å²) >= 11 is 0. The number of amides is 1. The van der Waals surface area contributed by atoms with Crippen molar-refractivity contribution in [1.82, 2.24) is 4.90 Å². The van der Waals surface area contributed by atoms with Crippen molar-refractivity contribution in [3.8, 4) is 0 Å². The quantitative estimate of drug-likeness (QED) is 0.730. The molecule has 1 aliphatic rings. The van der Waals surface area contributed by atoms with E-state index in [4.69, 9.17) is 16.2 Å². The Morgan fingerprint density at radius 1 is 1.17 bits per heavy atom. The van der Waals surface area contributed by atoms with Gasteiger partial charge in [-0.2, -0.15) is 0 Å². The number of nitrogens with two attached hydrogens (primary N) is 2. The molecule has 0 spiro atoms. The van der Waals surface area contributed by atoms with Gasteiger partial charge in [0.2, 0.25) is 0 Å². The first-order chi connectivity index (χ1) is 8.45. The molecule has 0 aromatic heterocycles. The van der Waals surface area contributed by atoms with Crippen molar-refractivity contribution >= 4 is 17.3 Å². The number of benzene rings is 1. The molecule has 1 fully saturated rings. The van der Waals surface area contributed by atoms with Gasteiger partial charge in [-0.15, -0.1) is 0 Å². The van der Waals surface area contributed by atoms with Crippen molar-refractivity contribution in [2.45, 2.75) is 26.1 Å². The molecule has 5 nitrogen and oxygen atoms in total. The first kappa shape index (κ1) is 12.7. The number of rotatable bonds is 1. The normalized spacial score (nSPS) is 24.0. The maximum atomic E-state index is 12.4. The van der Waals surface area contributed by atoms with Crippen LogP contribution in [0.1, 0.15) is 24.2 Å². The highest BCUT2D eigenvalue weighted by Gasteiger charge is 2.26. The van der Waals surface area contributed by atoms with E-state index < -0.39 is 0 Å². The van der Waals surface area contributed by atoms with Gasteiger partial charge >= 0.3 is 0 Å². The predicted molar refractivity (Wildman–Crippen MR) is 71.2 cm³/mol. The highest BCUT2D eigenvalue weighted by atomic mass is 16.5. The van der Waals surface area contributed by atoms with Crippen LogP contribution in [0.25, 0.3) is 0 Å². The van der Waals surface area contributed by atoms with Gasteiger partial charge in [0.1, 0.15) is 0 Å². The molecular formula is C13H19N3O2. The van der Waals surface area contributed by atoms with Crippen molar-refractivity contribution in [3.05, 3.63) is 23.8 Å². The molecule has 4 N–H and O–H groups in total. The van der Waals surface area contributed by atoms with E-state index in [1.165, 1.54) is 0 Å². The monoisotopic (exact) mass is 249 g/mol. The zero-order chi connectivity index (χ0) is 13.3. The Bertz CT molecular complexity index is 431. The van der Waals surface area contributed by atoms with Gasteiger partial charge in [-0.3, -0.25) is 4.79 Å². The van der Waals surface area contributed by atoms with Crippen LogP contribution in [0.2, 0.25) is 0 Å². The van der Waals surface area contributed by atoms with Gasteiger partial charge in [0.25, 0.3) is 5.91 Å². The lowest BCUT2D eigenvalue weighted by Crippen LogP contribution is -2.48. The molecular weight excluding hydrogens is 230 g/mol. The fraction of sp³-hybridized carbons (Fsp3) is 0.462. The molecule has 5 heteroatoms. The zero-order valence-electron chi connectivity index (χ0n) is 10.7. The highest BCUT2D eigenvalue weighted by molar-refractivity contribution is 5.96. The van der Waals surface area contributed by atoms with Crippen LogP contribution in [0, 0.1) is 0 Å². The van der Waals surface area contributed by atoms with Crippen molar-refractivity contribution in [1.29, 1.82) is 0 Å². The van der Waals surface area contributed by atoms with E-state index in [0.29, 0.717) is 30.0 Å². The molecule has 0 aliphatic carbocycles. The maximum absolute atomic E-state index is 12.4. The lowest BCUT2D eigenvalue weighted by molar-refractivity contribution is -0.0586. The summed E-state index contributed by atoms with van der Waals surface area (Å²) in [6.45, 7) is 5.11. The van der Waals surface area contributed by atoms with Crippen LogP contribution in [0.4, 0.5) is 11.4 Å². The zero-order valence-corrected chi connectivity index (χ0v) is 10.7. The van der Waals surface area contributed by atoms with Gasteiger partial charge in [-0.05, 0) is 32.0 Å². The van der Waals surface area contributed by atoms with Crippen LogP contribution in [-0.2, 0) is 4.74 Å². The molecule has 1 aromatic carbocycles. The maximum Gasteiger partial charge on any atom is 0.254 e. The van der Waals surface area contributed by atoms with Gasteiger partial charge in [0, 0.05) is 30.0 Å². The van der Waals surface area contributed by atoms with Crippen LogP contribution < -0.4 is 11.5 Å². The number of carbonyl (C=O) groups is 1. The van der Waals surface area contributed by atoms with E-state index in [-0.39, 0.29) is 18.1 Å². The van der Waals surface area contributed by atoms with Gasteiger partial charge in [-0.25, -0.2) is 0 Å². The Morgan fingerprint density at radius 3 is 2.17 bits per heavy atom. The van der Waals surface area contributed by atoms with Crippen molar-refractivity contribution in [2.75, 3.05) is 24.6 Å². The smallest absolute Gasteiger partial charge is 0.254 e. The highest BCUT2D eigenvalue weighted by Crippen LogP contribution is 2.18. The standard InChI is InChI=1S/C13H19N3O2/c1-8-6-16(7-9(2)18-8)13(17)10-3-11(14)5-12(15)4-10/h3-5,8-9H,6-7,14-15H2,1-2H3/t8-,9-/m0/s1.